The molecule has 9 heteroatoms. The zero-order valence-electron chi connectivity index (χ0n) is 15.3. The maximum Gasteiger partial charge on any atom is 0.290 e. The van der Waals surface area contributed by atoms with Gasteiger partial charge < -0.3 is 14.2 Å². The smallest absolute Gasteiger partial charge is 0.290 e. The largest absolute Gasteiger partial charge is 0.494 e. The molecule has 4 rings (SSSR count). The molecule has 1 aliphatic rings. The lowest BCUT2D eigenvalue weighted by atomic mass is 10.2. The predicted octanol–water partition coefficient (Wildman–Crippen LogP) is 3.11. The van der Waals surface area contributed by atoms with Crippen LogP contribution >= 0.6 is 11.6 Å². The molecule has 0 radical (unpaired) electrons. The molecule has 0 atom stereocenters. The van der Waals surface area contributed by atoms with Crippen molar-refractivity contribution in [2.45, 2.75) is 20.0 Å². The van der Waals surface area contributed by atoms with E-state index in [-0.39, 0.29) is 16.9 Å². The molecule has 1 aromatic carbocycles. The van der Waals surface area contributed by atoms with Gasteiger partial charge in [0.1, 0.15) is 5.69 Å². The summed E-state index contributed by atoms with van der Waals surface area (Å²) in [5.41, 5.74) is 2.78. The number of imidazole rings is 1. The number of nitrogens with zero attached hydrogens (tertiary/aromatic N) is 5. The van der Waals surface area contributed by atoms with E-state index >= 15 is 0 Å². The zero-order valence-corrected chi connectivity index (χ0v) is 16.1. The van der Waals surface area contributed by atoms with Crippen LogP contribution in [0.2, 0.25) is 5.28 Å². The number of carbonyl (C=O) groups is 1. The van der Waals surface area contributed by atoms with Gasteiger partial charge in [-0.1, -0.05) is 6.07 Å². The number of amides is 1. The average molecular weight is 402 g/mol. The Bertz CT molecular complexity index is 1070. The van der Waals surface area contributed by atoms with E-state index in [0.29, 0.717) is 36.8 Å². The summed E-state index contributed by atoms with van der Waals surface area (Å²) in [4.78, 5) is 27.3. The van der Waals surface area contributed by atoms with Crippen LogP contribution in [0.1, 0.15) is 21.7 Å². The van der Waals surface area contributed by atoms with E-state index in [9.17, 15) is 9.18 Å². The number of methoxy groups -OCH3 is 1. The summed E-state index contributed by atoms with van der Waals surface area (Å²) in [6, 6.07) is 4.58. The third-order valence-electron chi connectivity index (χ3n) is 4.64. The molecule has 1 aliphatic heterocycles. The first-order valence-electron chi connectivity index (χ1n) is 8.64. The van der Waals surface area contributed by atoms with Gasteiger partial charge >= 0.3 is 0 Å². The summed E-state index contributed by atoms with van der Waals surface area (Å²) in [7, 11) is 1.41. The Kier molecular flexibility index (Phi) is 4.72. The number of aryl methyl sites for hydroxylation is 1. The molecule has 0 N–H and O–H groups in total. The second-order valence-corrected chi connectivity index (χ2v) is 6.85. The van der Waals surface area contributed by atoms with Crippen LogP contribution in [0.4, 0.5) is 4.39 Å². The van der Waals surface area contributed by atoms with Gasteiger partial charge in [0.25, 0.3) is 5.91 Å². The lowest BCUT2D eigenvalue weighted by Gasteiger charge is -2.27. The second-order valence-electron chi connectivity index (χ2n) is 6.51. The van der Waals surface area contributed by atoms with Crippen molar-refractivity contribution < 1.29 is 13.9 Å². The lowest BCUT2D eigenvalue weighted by Crippen LogP contribution is -2.39. The van der Waals surface area contributed by atoms with Crippen molar-refractivity contribution in [3.63, 3.8) is 0 Å². The summed E-state index contributed by atoms with van der Waals surface area (Å²) in [6.07, 6.45) is 3.43. The Morgan fingerprint density at radius 2 is 2.11 bits per heavy atom. The number of carbonyl (C=O) groups excluding carboxylic acids is 1. The van der Waals surface area contributed by atoms with Gasteiger partial charge in [0.05, 0.1) is 12.8 Å². The van der Waals surface area contributed by atoms with Crippen molar-refractivity contribution in [1.82, 2.24) is 24.4 Å². The van der Waals surface area contributed by atoms with E-state index in [1.807, 2.05) is 11.5 Å². The van der Waals surface area contributed by atoms with Crippen molar-refractivity contribution in [2.75, 3.05) is 13.7 Å². The quantitative estimate of drug-likeness (QED) is 0.628. The minimum absolute atomic E-state index is 0.129. The van der Waals surface area contributed by atoms with E-state index in [1.54, 1.807) is 29.4 Å². The van der Waals surface area contributed by atoms with Gasteiger partial charge in [-0.3, -0.25) is 4.79 Å². The van der Waals surface area contributed by atoms with Gasteiger partial charge in [0.15, 0.2) is 17.4 Å². The fraction of sp³-hybridized carbons (Fsp3) is 0.263. The van der Waals surface area contributed by atoms with Crippen molar-refractivity contribution in [3.05, 3.63) is 58.6 Å². The fourth-order valence-corrected chi connectivity index (χ4v) is 3.33. The highest BCUT2D eigenvalue weighted by Crippen LogP contribution is 2.25. The Morgan fingerprint density at radius 3 is 2.89 bits per heavy atom. The van der Waals surface area contributed by atoms with E-state index < -0.39 is 5.82 Å². The number of benzene rings is 1. The number of ether oxygens (including phenoxy) is 1. The fourth-order valence-electron chi connectivity index (χ4n) is 3.20. The number of fused-ring (bicyclic) bond motifs is 1. The van der Waals surface area contributed by atoms with Gasteiger partial charge in [0, 0.05) is 32.0 Å². The molecule has 28 heavy (non-hydrogen) atoms. The molecule has 0 saturated carbocycles. The van der Waals surface area contributed by atoms with E-state index in [2.05, 4.69) is 15.0 Å². The molecule has 1 amide bonds. The standard InChI is InChI=1S/C19H17ClFN5O2/c1-11-8-22-19(20)24-16(11)14-10-25-5-6-26(18(27)17(25)23-14)9-12-3-4-13(21)15(7-12)28-2/h3-4,7-8,10H,5-6,9H2,1-2H3. The van der Waals surface area contributed by atoms with E-state index in [1.165, 1.54) is 13.2 Å². The first kappa shape index (κ1) is 18.4. The normalized spacial score (nSPS) is 13.6. The molecule has 0 bridgehead atoms. The summed E-state index contributed by atoms with van der Waals surface area (Å²) in [5.74, 6) is -0.139. The summed E-state index contributed by atoms with van der Waals surface area (Å²) < 4.78 is 20.4. The van der Waals surface area contributed by atoms with Crippen LogP contribution < -0.4 is 4.74 Å². The topological polar surface area (TPSA) is 73.1 Å². The van der Waals surface area contributed by atoms with Gasteiger partial charge in [-0.15, -0.1) is 0 Å². The van der Waals surface area contributed by atoms with E-state index in [0.717, 1.165) is 11.1 Å². The van der Waals surface area contributed by atoms with Crippen LogP contribution in [-0.4, -0.2) is 44.0 Å². The van der Waals surface area contributed by atoms with Crippen LogP contribution in [0.3, 0.4) is 0 Å². The molecule has 0 unspecified atom stereocenters. The maximum atomic E-state index is 13.6. The van der Waals surface area contributed by atoms with Gasteiger partial charge in [0.2, 0.25) is 5.28 Å². The highest BCUT2D eigenvalue weighted by molar-refractivity contribution is 6.28. The highest BCUT2D eigenvalue weighted by Gasteiger charge is 2.28. The van der Waals surface area contributed by atoms with Crippen LogP contribution in [0.5, 0.6) is 5.75 Å². The van der Waals surface area contributed by atoms with Crippen LogP contribution in [-0.2, 0) is 13.1 Å². The number of hydrogen-bond donors (Lipinski definition) is 0. The number of hydrogen-bond acceptors (Lipinski definition) is 5. The number of rotatable bonds is 4. The zero-order chi connectivity index (χ0) is 19.8. The van der Waals surface area contributed by atoms with Crippen LogP contribution in [0.15, 0.2) is 30.6 Å². The molecule has 144 valence electrons. The molecule has 0 spiro atoms. The number of aromatic nitrogens is 4. The first-order valence-corrected chi connectivity index (χ1v) is 9.02. The Labute approximate surface area is 165 Å². The van der Waals surface area contributed by atoms with E-state index in [4.69, 9.17) is 16.3 Å². The molecule has 3 aromatic rings. The Morgan fingerprint density at radius 1 is 1.29 bits per heavy atom. The molecule has 7 nitrogen and oxygen atoms in total. The second kappa shape index (κ2) is 7.20. The maximum absolute atomic E-state index is 13.6. The molecule has 0 aliphatic carbocycles. The average Bonchev–Trinajstić information content (AvgIpc) is 3.12. The first-order chi connectivity index (χ1) is 13.5. The van der Waals surface area contributed by atoms with Crippen molar-refractivity contribution in [1.29, 1.82) is 0 Å². The third kappa shape index (κ3) is 3.31. The lowest BCUT2D eigenvalue weighted by molar-refractivity contribution is 0.0683. The molecule has 0 fully saturated rings. The van der Waals surface area contributed by atoms with Crippen LogP contribution in [0, 0.1) is 12.7 Å². The predicted molar refractivity (Wildman–Crippen MR) is 101 cm³/mol. The molecular weight excluding hydrogens is 385 g/mol. The van der Waals surface area contributed by atoms with Crippen molar-refractivity contribution >= 4 is 17.5 Å². The molecule has 2 aromatic heterocycles. The minimum atomic E-state index is -0.435. The molecule has 0 saturated heterocycles. The summed E-state index contributed by atoms with van der Waals surface area (Å²) >= 11 is 5.90. The summed E-state index contributed by atoms with van der Waals surface area (Å²) in [5, 5.41) is 0.129. The molecule has 3 heterocycles. The number of halogens is 2. The third-order valence-corrected chi connectivity index (χ3v) is 4.82. The Balaban J connectivity index is 1.60. The minimum Gasteiger partial charge on any atom is -0.494 e. The molecular formula is C19H17ClFN5O2. The Hall–Kier alpha value is -3.00. The highest BCUT2D eigenvalue weighted by atomic mass is 35.5. The monoisotopic (exact) mass is 401 g/mol. The van der Waals surface area contributed by atoms with Crippen LogP contribution in [0.25, 0.3) is 11.4 Å². The van der Waals surface area contributed by atoms with Gasteiger partial charge in [-0.25, -0.2) is 19.3 Å². The van der Waals surface area contributed by atoms with Gasteiger partial charge in [-0.05, 0) is 41.8 Å². The summed E-state index contributed by atoms with van der Waals surface area (Å²) in [6.45, 7) is 3.32. The SMILES string of the molecule is COc1cc(CN2CCn3cc(-c4nc(Cl)ncc4C)nc3C2=O)ccc1F. The van der Waals surface area contributed by atoms with Gasteiger partial charge in [-0.2, -0.15) is 0 Å². The van der Waals surface area contributed by atoms with Crippen molar-refractivity contribution in [2.24, 2.45) is 0 Å². The van der Waals surface area contributed by atoms with Crippen molar-refractivity contribution in [3.8, 4) is 17.1 Å².